The molecule has 0 fully saturated rings. The maximum atomic E-state index is 12.4. The fraction of sp³-hybridized carbons (Fsp3) is 0.238. The number of hydrogen-bond acceptors (Lipinski definition) is 6. The van der Waals surface area contributed by atoms with Gasteiger partial charge in [-0.15, -0.1) is 0 Å². The van der Waals surface area contributed by atoms with Gasteiger partial charge < -0.3 is 18.9 Å². The molecule has 6 heteroatoms. The van der Waals surface area contributed by atoms with Gasteiger partial charge in [-0.05, 0) is 55.5 Å². The summed E-state index contributed by atoms with van der Waals surface area (Å²) in [6.07, 6.45) is 1.88. The molecular weight excluding hydrogens is 348 g/mol. The Labute approximate surface area is 158 Å². The number of ether oxygens (including phenoxy) is 4. The van der Waals surface area contributed by atoms with Crippen LogP contribution in [0.5, 0.6) is 17.2 Å². The molecule has 142 valence electrons. The van der Waals surface area contributed by atoms with Gasteiger partial charge in [-0.2, -0.15) is 0 Å². The molecule has 2 aromatic rings. The first-order valence-electron chi connectivity index (χ1n) is 8.27. The van der Waals surface area contributed by atoms with Crippen molar-refractivity contribution in [2.45, 2.75) is 13.0 Å². The first kappa shape index (κ1) is 20.0. The SMILES string of the molecule is COc1ccc(C(=O)[C@H](C)OC(=O)/C=C/c2cc(OC)ccc2OC)cc1. The van der Waals surface area contributed by atoms with Gasteiger partial charge in [-0.1, -0.05) is 0 Å². The highest BCUT2D eigenvalue weighted by molar-refractivity contribution is 6.01. The molecule has 0 N–H and O–H groups in total. The molecule has 0 saturated carbocycles. The Hall–Kier alpha value is -3.28. The van der Waals surface area contributed by atoms with Crippen LogP contribution in [0.4, 0.5) is 0 Å². The van der Waals surface area contributed by atoms with Crippen LogP contribution in [0.25, 0.3) is 6.08 Å². The predicted molar refractivity (Wildman–Crippen MR) is 101 cm³/mol. The first-order chi connectivity index (χ1) is 13.0. The van der Waals surface area contributed by atoms with E-state index in [2.05, 4.69) is 0 Å². The van der Waals surface area contributed by atoms with Crippen molar-refractivity contribution in [2.24, 2.45) is 0 Å². The van der Waals surface area contributed by atoms with Crippen LogP contribution < -0.4 is 14.2 Å². The van der Waals surface area contributed by atoms with Gasteiger partial charge in [0.15, 0.2) is 6.10 Å². The van der Waals surface area contributed by atoms with Crippen molar-refractivity contribution in [3.8, 4) is 17.2 Å². The summed E-state index contributed by atoms with van der Waals surface area (Å²) in [6, 6.07) is 11.8. The number of hydrogen-bond donors (Lipinski definition) is 0. The number of Topliss-reactive ketones (excluding diaryl/α,β-unsaturated/α-hetero) is 1. The third-order valence-corrected chi connectivity index (χ3v) is 3.87. The van der Waals surface area contributed by atoms with Crippen LogP contribution in [-0.4, -0.2) is 39.2 Å². The zero-order valence-corrected chi connectivity index (χ0v) is 15.7. The van der Waals surface area contributed by atoms with E-state index >= 15 is 0 Å². The fourth-order valence-corrected chi connectivity index (χ4v) is 2.38. The molecule has 1 atom stereocenters. The Morgan fingerprint density at radius 1 is 0.889 bits per heavy atom. The summed E-state index contributed by atoms with van der Waals surface area (Å²) in [6.45, 7) is 1.53. The molecule has 0 unspecified atom stereocenters. The Morgan fingerprint density at radius 2 is 1.52 bits per heavy atom. The van der Waals surface area contributed by atoms with Gasteiger partial charge in [-0.3, -0.25) is 4.79 Å². The number of esters is 1. The summed E-state index contributed by atoms with van der Waals surface area (Å²) in [5.41, 5.74) is 1.09. The van der Waals surface area contributed by atoms with E-state index in [1.54, 1.807) is 62.8 Å². The van der Waals surface area contributed by atoms with Crippen LogP contribution in [-0.2, 0) is 9.53 Å². The number of carbonyl (C=O) groups is 2. The summed E-state index contributed by atoms with van der Waals surface area (Å²) >= 11 is 0. The van der Waals surface area contributed by atoms with Gasteiger partial charge in [0, 0.05) is 17.2 Å². The van der Waals surface area contributed by atoms with Gasteiger partial charge in [0.05, 0.1) is 21.3 Å². The number of benzene rings is 2. The minimum absolute atomic E-state index is 0.293. The molecule has 0 amide bonds. The monoisotopic (exact) mass is 370 g/mol. The fourth-order valence-electron chi connectivity index (χ4n) is 2.38. The molecule has 2 rings (SSSR count). The number of ketones is 1. The summed E-state index contributed by atoms with van der Waals surface area (Å²) in [7, 11) is 4.63. The molecule has 0 aliphatic rings. The lowest BCUT2D eigenvalue weighted by atomic mass is 10.1. The molecule has 0 aromatic heterocycles. The first-order valence-corrected chi connectivity index (χ1v) is 8.27. The lowest BCUT2D eigenvalue weighted by Gasteiger charge is -2.11. The predicted octanol–water partition coefficient (Wildman–Crippen LogP) is 3.54. The minimum Gasteiger partial charge on any atom is -0.497 e. The van der Waals surface area contributed by atoms with Crippen LogP contribution in [0, 0.1) is 0 Å². The van der Waals surface area contributed by atoms with Crippen LogP contribution in [0.1, 0.15) is 22.8 Å². The second kappa shape index (κ2) is 9.43. The van der Waals surface area contributed by atoms with Gasteiger partial charge in [-0.25, -0.2) is 4.79 Å². The van der Waals surface area contributed by atoms with Crippen molar-refractivity contribution >= 4 is 17.8 Å². The van der Waals surface area contributed by atoms with Gasteiger partial charge >= 0.3 is 5.97 Å². The van der Waals surface area contributed by atoms with E-state index in [1.165, 1.54) is 20.1 Å². The highest BCUT2D eigenvalue weighted by Crippen LogP contribution is 2.25. The Balaban J connectivity index is 2.03. The van der Waals surface area contributed by atoms with Crippen LogP contribution in [0.15, 0.2) is 48.5 Å². The molecule has 0 radical (unpaired) electrons. The average molecular weight is 370 g/mol. The van der Waals surface area contributed by atoms with Crippen molar-refractivity contribution in [1.29, 1.82) is 0 Å². The molecule has 6 nitrogen and oxygen atoms in total. The highest BCUT2D eigenvalue weighted by atomic mass is 16.5. The summed E-state index contributed by atoms with van der Waals surface area (Å²) < 4.78 is 20.7. The highest BCUT2D eigenvalue weighted by Gasteiger charge is 2.18. The van der Waals surface area contributed by atoms with E-state index in [9.17, 15) is 9.59 Å². The molecule has 0 saturated heterocycles. The maximum absolute atomic E-state index is 12.4. The van der Waals surface area contributed by atoms with Crippen molar-refractivity contribution in [2.75, 3.05) is 21.3 Å². The molecule has 0 bridgehead atoms. The Morgan fingerprint density at radius 3 is 2.11 bits per heavy atom. The van der Waals surface area contributed by atoms with Crippen molar-refractivity contribution in [3.05, 3.63) is 59.7 Å². The van der Waals surface area contributed by atoms with Crippen LogP contribution in [0.2, 0.25) is 0 Å². The van der Waals surface area contributed by atoms with E-state index in [-0.39, 0.29) is 5.78 Å². The lowest BCUT2D eigenvalue weighted by Crippen LogP contribution is -2.23. The number of methoxy groups -OCH3 is 3. The largest absolute Gasteiger partial charge is 0.497 e. The Bertz CT molecular complexity index is 823. The quantitative estimate of drug-likeness (QED) is 0.402. The van der Waals surface area contributed by atoms with E-state index < -0.39 is 12.1 Å². The molecule has 2 aromatic carbocycles. The minimum atomic E-state index is -0.914. The molecule has 0 heterocycles. The molecule has 0 spiro atoms. The number of rotatable bonds is 8. The zero-order chi connectivity index (χ0) is 19.8. The second-order valence-electron chi connectivity index (χ2n) is 5.61. The molecule has 0 aliphatic carbocycles. The summed E-state index contributed by atoms with van der Waals surface area (Å²) in [4.78, 5) is 24.4. The van der Waals surface area contributed by atoms with Crippen molar-refractivity contribution in [1.82, 2.24) is 0 Å². The van der Waals surface area contributed by atoms with Crippen molar-refractivity contribution < 1.29 is 28.5 Å². The van der Waals surface area contributed by atoms with Crippen LogP contribution in [0.3, 0.4) is 0 Å². The third-order valence-electron chi connectivity index (χ3n) is 3.87. The smallest absolute Gasteiger partial charge is 0.331 e. The van der Waals surface area contributed by atoms with Crippen molar-refractivity contribution in [3.63, 3.8) is 0 Å². The average Bonchev–Trinajstić information content (AvgIpc) is 2.71. The third kappa shape index (κ3) is 5.34. The van der Waals surface area contributed by atoms with E-state index in [4.69, 9.17) is 18.9 Å². The van der Waals surface area contributed by atoms with E-state index in [0.29, 0.717) is 28.4 Å². The van der Waals surface area contributed by atoms with Gasteiger partial charge in [0.25, 0.3) is 0 Å². The maximum Gasteiger partial charge on any atom is 0.331 e. The van der Waals surface area contributed by atoms with Gasteiger partial charge in [0.1, 0.15) is 17.2 Å². The van der Waals surface area contributed by atoms with E-state index in [1.807, 2.05) is 0 Å². The zero-order valence-electron chi connectivity index (χ0n) is 15.7. The standard InChI is InChI=1S/C21H22O6/c1-14(21(23)15-5-8-17(24-2)9-6-15)27-20(22)12-7-16-13-18(25-3)10-11-19(16)26-4/h5-14H,1-4H3/b12-7+/t14-/m0/s1. The molecular formula is C21H22O6. The second-order valence-corrected chi connectivity index (χ2v) is 5.61. The Kier molecular flexibility index (Phi) is 7.00. The van der Waals surface area contributed by atoms with Gasteiger partial charge in [0.2, 0.25) is 5.78 Å². The summed E-state index contributed by atoms with van der Waals surface area (Å²) in [5.74, 6) is 0.938. The van der Waals surface area contributed by atoms with Crippen LogP contribution >= 0.6 is 0 Å². The molecule has 27 heavy (non-hydrogen) atoms. The molecule has 0 aliphatic heterocycles. The number of carbonyl (C=O) groups excluding carboxylic acids is 2. The normalized spacial score (nSPS) is 11.7. The van der Waals surface area contributed by atoms with E-state index in [0.717, 1.165) is 0 Å². The summed E-state index contributed by atoms with van der Waals surface area (Å²) in [5, 5.41) is 0. The lowest BCUT2D eigenvalue weighted by molar-refractivity contribution is -0.140. The topological polar surface area (TPSA) is 71.1 Å².